The van der Waals surface area contributed by atoms with E-state index in [2.05, 4.69) is 17.0 Å². The van der Waals surface area contributed by atoms with Gasteiger partial charge in [0, 0.05) is 38.6 Å². The summed E-state index contributed by atoms with van der Waals surface area (Å²) >= 11 is 0. The highest BCUT2D eigenvalue weighted by Gasteiger charge is 2.33. The summed E-state index contributed by atoms with van der Waals surface area (Å²) in [6.07, 6.45) is 5.38. The number of aryl methyl sites for hydroxylation is 1. The molecule has 0 radical (unpaired) electrons. The molecule has 1 heterocycles. The van der Waals surface area contributed by atoms with Gasteiger partial charge in [-0.25, -0.2) is 0 Å². The number of hydrogen-bond acceptors (Lipinski definition) is 4. The SMILES string of the molecule is COc1ccc(CCCC(=O)N2CCN([C@H]3CCC[C@H]3O)CC2)cc1. The minimum absolute atomic E-state index is 0.174. The number of piperazine rings is 1. The van der Waals surface area contributed by atoms with Crippen LogP contribution in [0.15, 0.2) is 24.3 Å². The lowest BCUT2D eigenvalue weighted by Crippen LogP contribution is -2.53. The van der Waals surface area contributed by atoms with Crippen LogP contribution in [0.4, 0.5) is 0 Å². The van der Waals surface area contributed by atoms with Crippen LogP contribution in [0.25, 0.3) is 0 Å². The fourth-order valence-electron chi connectivity index (χ4n) is 4.04. The highest BCUT2D eigenvalue weighted by atomic mass is 16.5. The number of carbonyl (C=O) groups is 1. The Hall–Kier alpha value is -1.59. The van der Waals surface area contributed by atoms with Gasteiger partial charge in [-0.2, -0.15) is 0 Å². The molecule has 5 heteroatoms. The monoisotopic (exact) mass is 346 g/mol. The smallest absolute Gasteiger partial charge is 0.222 e. The van der Waals surface area contributed by atoms with E-state index in [9.17, 15) is 9.90 Å². The van der Waals surface area contributed by atoms with Gasteiger partial charge < -0.3 is 14.7 Å². The van der Waals surface area contributed by atoms with Crippen LogP contribution in [0.2, 0.25) is 0 Å². The first kappa shape index (κ1) is 18.2. The predicted molar refractivity (Wildman–Crippen MR) is 97.7 cm³/mol. The molecule has 1 N–H and O–H groups in total. The quantitative estimate of drug-likeness (QED) is 0.857. The first-order valence-electron chi connectivity index (χ1n) is 9.50. The van der Waals surface area contributed by atoms with Crippen molar-refractivity contribution in [2.24, 2.45) is 0 Å². The predicted octanol–water partition coefficient (Wildman–Crippen LogP) is 2.08. The van der Waals surface area contributed by atoms with E-state index in [1.165, 1.54) is 5.56 Å². The molecule has 2 atom stereocenters. The third-order valence-electron chi connectivity index (χ3n) is 5.60. The van der Waals surface area contributed by atoms with Gasteiger partial charge >= 0.3 is 0 Å². The van der Waals surface area contributed by atoms with Gasteiger partial charge in [0.2, 0.25) is 5.91 Å². The summed E-state index contributed by atoms with van der Waals surface area (Å²) in [6.45, 7) is 3.38. The van der Waals surface area contributed by atoms with Gasteiger partial charge in [0.25, 0.3) is 0 Å². The number of nitrogens with zero attached hydrogens (tertiary/aromatic N) is 2. The first-order valence-corrected chi connectivity index (χ1v) is 9.50. The molecule has 138 valence electrons. The zero-order valence-electron chi connectivity index (χ0n) is 15.2. The summed E-state index contributed by atoms with van der Waals surface area (Å²) < 4.78 is 5.16. The van der Waals surface area contributed by atoms with Crippen molar-refractivity contribution in [1.29, 1.82) is 0 Å². The van der Waals surface area contributed by atoms with Gasteiger partial charge in [-0.1, -0.05) is 12.1 Å². The third-order valence-corrected chi connectivity index (χ3v) is 5.60. The summed E-state index contributed by atoms with van der Waals surface area (Å²) in [6, 6.07) is 8.37. The van der Waals surface area contributed by atoms with E-state index >= 15 is 0 Å². The second-order valence-corrected chi connectivity index (χ2v) is 7.18. The molecule has 1 saturated heterocycles. The number of ether oxygens (including phenoxy) is 1. The van der Waals surface area contributed by atoms with Crippen molar-refractivity contribution in [3.63, 3.8) is 0 Å². The maximum absolute atomic E-state index is 12.4. The van der Waals surface area contributed by atoms with Crippen molar-refractivity contribution in [2.75, 3.05) is 33.3 Å². The van der Waals surface area contributed by atoms with Crippen molar-refractivity contribution in [1.82, 2.24) is 9.80 Å². The Kier molecular flexibility index (Phi) is 6.32. The molecule has 25 heavy (non-hydrogen) atoms. The second kappa shape index (κ2) is 8.68. The molecule has 2 aliphatic rings. The Bertz CT molecular complexity index is 553. The number of rotatable bonds is 6. The van der Waals surface area contributed by atoms with Crippen LogP contribution < -0.4 is 4.74 Å². The lowest BCUT2D eigenvalue weighted by molar-refractivity contribution is -0.133. The van der Waals surface area contributed by atoms with Gasteiger partial charge in [0.1, 0.15) is 5.75 Å². The fraction of sp³-hybridized carbons (Fsp3) is 0.650. The molecule has 1 aliphatic heterocycles. The summed E-state index contributed by atoms with van der Waals surface area (Å²) in [5.74, 6) is 1.13. The van der Waals surface area contributed by atoms with Crippen molar-refractivity contribution in [2.45, 2.75) is 50.7 Å². The average molecular weight is 346 g/mol. The number of methoxy groups -OCH3 is 1. The topological polar surface area (TPSA) is 53.0 Å². The van der Waals surface area contributed by atoms with Crippen molar-refractivity contribution in [3.8, 4) is 5.75 Å². The number of carbonyl (C=O) groups excluding carboxylic acids is 1. The number of amides is 1. The van der Waals surface area contributed by atoms with Gasteiger partial charge in [0.05, 0.1) is 13.2 Å². The van der Waals surface area contributed by atoms with Crippen LogP contribution in [-0.2, 0) is 11.2 Å². The van der Waals surface area contributed by atoms with Crippen molar-refractivity contribution >= 4 is 5.91 Å². The zero-order valence-corrected chi connectivity index (χ0v) is 15.2. The Labute approximate surface area is 150 Å². The van der Waals surface area contributed by atoms with E-state index in [0.29, 0.717) is 12.5 Å². The molecule has 0 spiro atoms. The second-order valence-electron chi connectivity index (χ2n) is 7.18. The van der Waals surface area contributed by atoms with E-state index in [1.54, 1.807) is 7.11 Å². The number of aliphatic hydroxyl groups is 1. The lowest BCUT2D eigenvalue weighted by Gasteiger charge is -2.39. The number of aliphatic hydroxyl groups excluding tert-OH is 1. The minimum atomic E-state index is -0.174. The van der Waals surface area contributed by atoms with E-state index < -0.39 is 0 Å². The van der Waals surface area contributed by atoms with Gasteiger partial charge in [-0.3, -0.25) is 9.69 Å². The molecule has 1 saturated carbocycles. The Balaban J connectivity index is 1.37. The maximum atomic E-state index is 12.4. The van der Waals surface area contributed by atoms with Crippen molar-refractivity contribution < 1.29 is 14.6 Å². The molecule has 3 rings (SSSR count). The van der Waals surface area contributed by atoms with Gasteiger partial charge in [0.15, 0.2) is 0 Å². The third kappa shape index (κ3) is 4.73. The van der Waals surface area contributed by atoms with Crippen LogP contribution >= 0.6 is 0 Å². The highest BCUT2D eigenvalue weighted by molar-refractivity contribution is 5.76. The Morgan fingerprint density at radius 1 is 1.16 bits per heavy atom. The Morgan fingerprint density at radius 3 is 2.48 bits per heavy atom. The molecule has 0 bridgehead atoms. The molecule has 1 amide bonds. The molecular weight excluding hydrogens is 316 g/mol. The van der Waals surface area contributed by atoms with Crippen LogP contribution in [0.5, 0.6) is 5.75 Å². The zero-order chi connectivity index (χ0) is 17.6. The molecule has 1 aliphatic carbocycles. The van der Waals surface area contributed by atoms with Gasteiger partial charge in [-0.05, 0) is 49.8 Å². The van der Waals surface area contributed by atoms with Crippen LogP contribution in [0.3, 0.4) is 0 Å². The van der Waals surface area contributed by atoms with Crippen LogP contribution in [-0.4, -0.2) is 66.2 Å². The minimum Gasteiger partial charge on any atom is -0.497 e. The average Bonchev–Trinajstić information content (AvgIpc) is 3.08. The molecule has 2 fully saturated rings. The van der Waals surface area contributed by atoms with E-state index in [1.807, 2.05) is 17.0 Å². The standard InChI is InChI=1S/C20H30N2O3/c1-25-17-10-8-16(9-11-17)4-2-7-20(24)22-14-12-21(13-15-22)18-5-3-6-19(18)23/h8-11,18-19,23H,2-7,12-15H2,1H3/t18-,19+/m0/s1. The summed E-state index contributed by atoms with van der Waals surface area (Å²) in [4.78, 5) is 16.8. The molecule has 0 unspecified atom stereocenters. The van der Waals surface area contributed by atoms with Crippen LogP contribution in [0, 0.1) is 0 Å². The van der Waals surface area contributed by atoms with Crippen LogP contribution in [0.1, 0.15) is 37.7 Å². The number of benzene rings is 1. The number of hydrogen-bond donors (Lipinski definition) is 1. The normalized spacial score (nSPS) is 24.5. The molecule has 0 aromatic heterocycles. The van der Waals surface area contributed by atoms with E-state index in [-0.39, 0.29) is 12.0 Å². The molecular formula is C20H30N2O3. The summed E-state index contributed by atoms with van der Waals surface area (Å²) in [5, 5.41) is 10.0. The molecule has 1 aromatic carbocycles. The highest BCUT2D eigenvalue weighted by Crippen LogP contribution is 2.25. The molecule has 1 aromatic rings. The summed E-state index contributed by atoms with van der Waals surface area (Å²) in [7, 11) is 1.67. The van der Waals surface area contributed by atoms with E-state index in [4.69, 9.17) is 4.74 Å². The summed E-state index contributed by atoms with van der Waals surface area (Å²) in [5.41, 5.74) is 1.24. The van der Waals surface area contributed by atoms with E-state index in [0.717, 1.165) is 64.0 Å². The largest absolute Gasteiger partial charge is 0.497 e. The van der Waals surface area contributed by atoms with Gasteiger partial charge in [-0.15, -0.1) is 0 Å². The van der Waals surface area contributed by atoms with Crippen molar-refractivity contribution in [3.05, 3.63) is 29.8 Å². The fourth-order valence-corrected chi connectivity index (χ4v) is 4.04. The molecule has 5 nitrogen and oxygen atoms in total. The maximum Gasteiger partial charge on any atom is 0.222 e. The first-order chi connectivity index (χ1) is 12.2. The lowest BCUT2D eigenvalue weighted by atomic mass is 10.1. The Morgan fingerprint density at radius 2 is 1.88 bits per heavy atom.